The number of hydrogen-bond donors (Lipinski definition) is 1. The Balaban J connectivity index is 1.68. The molecule has 1 fully saturated rings. The number of pyridine rings is 1. The molecule has 2 aromatic rings. The smallest absolute Gasteiger partial charge is 0.129 e. The van der Waals surface area contributed by atoms with Crippen molar-refractivity contribution in [3.8, 4) is 0 Å². The van der Waals surface area contributed by atoms with E-state index in [1.54, 1.807) is 0 Å². The summed E-state index contributed by atoms with van der Waals surface area (Å²) in [6.45, 7) is 7.90. The van der Waals surface area contributed by atoms with E-state index >= 15 is 0 Å². The maximum absolute atomic E-state index is 4.76. The van der Waals surface area contributed by atoms with E-state index in [4.69, 9.17) is 4.98 Å². The van der Waals surface area contributed by atoms with Gasteiger partial charge in [-0.15, -0.1) is 0 Å². The highest BCUT2D eigenvalue weighted by Gasteiger charge is 2.16. The van der Waals surface area contributed by atoms with E-state index in [0.717, 1.165) is 17.9 Å². The van der Waals surface area contributed by atoms with Gasteiger partial charge in [-0.25, -0.2) is 4.98 Å². The maximum atomic E-state index is 4.76. The Kier molecular flexibility index (Phi) is 4.39. The van der Waals surface area contributed by atoms with Crippen LogP contribution in [0.25, 0.3) is 10.9 Å². The van der Waals surface area contributed by atoms with Crippen molar-refractivity contribution in [3.63, 3.8) is 0 Å². The van der Waals surface area contributed by atoms with Crippen LogP contribution in [0.1, 0.15) is 31.7 Å². The van der Waals surface area contributed by atoms with Gasteiger partial charge in [0.2, 0.25) is 0 Å². The summed E-state index contributed by atoms with van der Waals surface area (Å²) in [5, 5.41) is 4.76. The number of piperidine rings is 1. The summed E-state index contributed by atoms with van der Waals surface area (Å²) in [4.78, 5) is 7.35. The third-order valence-corrected chi connectivity index (χ3v) is 4.49. The minimum Gasteiger partial charge on any atom is -0.368 e. The lowest BCUT2D eigenvalue weighted by atomic mass is 10.1. The normalized spacial score (nSPS) is 17.8. The van der Waals surface area contributed by atoms with Gasteiger partial charge in [0.05, 0.1) is 5.52 Å². The average molecular weight is 283 g/mol. The summed E-state index contributed by atoms with van der Waals surface area (Å²) in [5.41, 5.74) is 2.29. The zero-order valence-electron chi connectivity index (χ0n) is 13.1. The number of nitrogens with zero attached hydrogens (tertiary/aromatic N) is 2. The molecule has 1 atom stereocenters. The van der Waals surface area contributed by atoms with E-state index in [0.29, 0.717) is 6.04 Å². The van der Waals surface area contributed by atoms with Crippen molar-refractivity contribution in [2.24, 2.45) is 0 Å². The van der Waals surface area contributed by atoms with Crippen LogP contribution in [0.2, 0.25) is 0 Å². The standard InChI is InChI=1S/C18H25N3/c1-14-12-16-8-4-5-9-17(16)20-18(14)19-13-15(2)21-10-6-3-7-11-21/h4-5,8-9,12,15H,3,6-7,10-11,13H2,1-2H3,(H,19,20). The molecule has 0 saturated carbocycles. The third-order valence-electron chi connectivity index (χ3n) is 4.49. The number of para-hydroxylation sites is 1. The molecule has 0 bridgehead atoms. The molecule has 1 saturated heterocycles. The van der Waals surface area contributed by atoms with Gasteiger partial charge in [-0.1, -0.05) is 24.6 Å². The fourth-order valence-electron chi connectivity index (χ4n) is 3.13. The molecule has 3 nitrogen and oxygen atoms in total. The van der Waals surface area contributed by atoms with E-state index in [9.17, 15) is 0 Å². The van der Waals surface area contributed by atoms with Crippen LogP contribution in [-0.4, -0.2) is 35.6 Å². The molecular formula is C18H25N3. The van der Waals surface area contributed by atoms with Crippen molar-refractivity contribution in [1.29, 1.82) is 0 Å². The van der Waals surface area contributed by atoms with Gasteiger partial charge in [-0.3, -0.25) is 4.90 Å². The molecule has 1 N–H and O–H groups in total. The second-order valence-corrected chi connectivity index (χ2v) is 6.17. The van der Waals surface area contributed by atoms with E-state index in [-0.39, 0.29) is 0 Å². The Morgan fingerprint density at radius 3 is 2.76 bits per heavy atom. The summed E-state index contributed by atoms with van der Waals surface area (Å²) >= 11 is 0. The Labute approximate surface area is 127 Å². The lowest BCUT2D eigenvalue weighted by Crippen LogP contribution is -2.41. The maximum Gasteiger partial charge on any atom is 0.129 e. The number of hydrogen-bond acceptors (Lipinski definition) is 3. The Morgan fingerprint density at radius 2 is 1.95 bits per heavy atom. The van der Waals surface area contributed by atoms with Gasteiger partial charge in [0.15, 0.2) is 0 Å². The van der Waals surface area contributed by atoms with E-state index < -0.39 is 0 Å². The molecule has 0 radical (unpaired) electrons. The highest BCUT2D eigenvalue weighted by atomic mass is 15.2. The van der Waals surface area contributed by atoms with Crippen molar-refractivity contribution in [2.75, 3.05) is 25.0 Å². The minimum atomic E-state index is 0.568. The molecular weight excluding hydrogens is 258 g/mol. The van der Waals surface area contributed by atoms with Gasteiger partial charge < -0.3 is 5.32 Å². The second kappa shape index (κ2) is 6.44. The van der Waals surface area contributed by atoms with Crippen molar-refractivity contribution in [2.45, 2.75) is 39.2 Å². The van der Waals surface area contributed by atoms with Crippen LogP contribution in [-0.2, 0) is 0 Å². The molecule has 2 heterocycles. The molecule has 3 rings (SSSR count). The third kappa shape index (κ3) is 3.35. The summed E-state index contributed by atoms with van der Waals surface area (Å²) < 4.78 is 0. The van der Waals surface area contributed by atoms with Crippen LogP contribution in [0.3, 0.4) is 0 Å². The number of likely N-dealkylation sites (tertiary alicyclic amines) is 1. The van der Waals surface area contributed by atoms with Gasteiger partial charge in [0.1, 0.15) is 5.82 Å². The van der Waals surface area contributed by atoms with Gasteiger partial charge in [0, 0.05) is 18.0 Å². The van der Waals surface area contributed by atoms with Crippen molar-refractivity contribution >= 4 is 16.7 Å². The molecule has 0 amide bonds. The zero-order chi connectivity index (χ0) is 14.7. The number of nitrogens with one attached hydrogen (secondary N) is 1. The van der Waals surface area contributed by atoms with Crippen LogP contribution in [0.15, 0.2) is 30.3 Å². The van der Waals surface area contributed by atoms with E-state index in [1.807, 2.05) is 6.07 Å². The lowest BCUT2D eigenvalue weighted by Gasteiger charge is -2.32. The molecule has 1 aliphatic rings. The SMILES string of the molecule is Cc1cc2ccccc2nc1NCC(C)N1CCCCC1. The first kappa shape index (κ1) is 14.3. The summed E-state index contributed by atoms with van der Waals surface area (Å²) in [5.74, 6) is 1.03. The first-order chi connectivity index (χ1) is 10.2. The summed E-state index contributed by atoms with van der Waals surface area (Å²) in [6.07, 6.45) is 4.08. The molecule has 0 aliphatic carbocycles. The van der Waals surface area contributed by atoms with Crippen LogP contribution in [0, 0.1) is 6.92 Å². The largest absolute Gasteiger partial charge is 0.368 e. The first-order valence-corrected chi connectivity index (χ1v) is 8.08. The Morgan fingerprint density at radius 1 is 1.19 bits per heavy atom. The van der Waals surface area contributed by atoms with Gasteiger partial charge in [-0.05, 0) is 57.5 Å². The topological polar surface area (TPSA) is 28.2 Å². The predicted molar refractivity (Wildman–Crippen MR) is 89.9 cm³/mol. The monoisotopic (exact) mass is 283 g/mol. The van der Waals surface area contributed by atoms with Crippen LogP contribution in [0.5, 0.6) is 0 Å². The molecule has 0 spiro atoms. The summed E-state index contributed by atoms with van der Waals surface area (Å²) in [6, 6.07) is 11.1. The van der Waals surface area contributed by atoms with Crippen LogP contribution in [0.4, 0.5) is 5.82 Å². The molecule has 1 aromatic heterocycles. The predicted octanol–water partition coefficient (Wildman–Crippen LogP) is 3.83. The number of rotatable bonds is 4. The quantitative estimate of drug-likeness (QED) is 0.924. The van der Waals surface area contributed by atoms with Gasteiger partial charge in [-0.2, -0.15) is 0 Å². The van der Waals surface area contributed by atoms with Crippen molar-refractivity contribution in [3.05, 3.63) is 35.9 Å². The summed E-state index contributed by atoms with van der Waals surface area (Å²) in [7, 11) is 0. The molecule has 3 heteroatoms. The minimum absolute atomic E-state index is 0.568. The molecule has 21 heavy (non-hydrogen) atoms. The fourth-order valence-corrected chi connectivity index (χ4v) is 3.13. The average Bonchev–Trinajstić information content (AvgIpc) is 2.53. The zero-order valence-corrected chi connectivity index (χ0v) is 13.1. The Bertz CT molecular complexity index is 602. The molecule has 112 valence electrons. The number of anilines is 1. The number of aromatic nitrogens is 1. The fraction of sp³-hybridized carbons (Fsp3) is 0.500. The number of benzene rings is 1. The van der Waals surface area contributed by atoms with Crippen LogP contribution >= 0.6 is 0 Å². The van der Waals surface area contributed by atoms with E-state index in [1.165, 1.54) is 43.3 Å². The van der Waals surface area contributed by atoms with Crippen LogP contribution < -0.4 is 5.32 Å². The highest BCUT2D eigenvalue weighted by Crippen LogP contribution is 2.20. The number of fused-ring (bicyclic) bond motifs is 1. The first-order valence-electron chi connectivity index (χ1n) is 8.08. The Hall–Kier alpha value is -1.61. The molecule has 1 aromatic carbocycles. The highest BCUT2D eigenvalue weighted by molar-refractivity contribution is 5.81. The van der Waals surface area contributed by atoms with E-state index in [2.05, 4.69) is 48.3 Å². The second-order valence-electron chi connectivity index (χ2n) is 6.17. The number of aryl methyl sites for hydroxylation is 1. The molecule has 1 aliphatic heterocycles. The molecule has 1 unspecified atom stereocenters. The van der Waals surface area contributed by atoms with Gasteiger partial charge in [0.25, 0.3) is 0 Å². The lowest BCUT2D eigenvalue weighted by molar-refractivity contribution is 0.180. The van der Waals surface area contributed by atoms with Gasteiger partial charge >= 0.3 is 0 Å². The van der Waals surface area contributed by atoms with Crippen molar-refractivity contribution < 1.29 is 0 Å². The van der Waals surface area contributed by atoms with Crippen molar-refractivity contribution in [1.82, 2.24) is 9.88 Å².